The number of amides is 1. The smallest absolute Gasteiger partial charge is 0.224 e. The number of halogens is 1. The molecule has 1 saturated carbocycles. The quantitative estimate of drug-likeness (QED) is 0.521. The van der Waals surface area contributed by atoms with Crippen LogP contribution in [0.5, 0.6) is 0 Å². The van der Waals surface area contributed by atoms with Crippen LogP contribution < -0.4 is 10.6 Å². The van der Waals surface area contributed by atoms with E-state index in [1.807, 2.05) is 12.1 Å². The second kappa shape index (κ2) is 9.84. The minimum absolute atomic E-state index is 0.0975. The summed E-state index contributed by atoms with van der Waals surface area (Å²) in [6.07, 6.45) is -1.73. The highest BCUT2D eigenvalue weighted by Gasteiger charge is 2.50. The maximum Gasteiger partial charge on any atom is 0.224 e. The molecule has 4 rings (SSSR count). The molecule has 4 N–H and O–H groups in total. The van der Waals surface area contributed by atoms with Crippen LogP contribution in [-0.4, -0.2) is 89.1 Å². The Labute approximate surface area is 185 Å². The van der Waals surface area contributed by atoms with Gasteiger partial charge in [-0.15, -0.1) is 0 Å². The van der Waals surface area contributed by atoms with Crippen molar-refractivity contribution in [2.24, 2.45) is 10.9 Å². The lowest BCUT2D eigenvalue weighted by Crippen LogP contribution is -2.54. The molecular weight excluding hydrogens is 428 g/mol. The number of aliphatic hydroxyl groups is 2. The number of ether oxygens (including phenoxy) is 1. The Morgan fingerprint density at radius 3 is 2.73 bits per heavy atom. The molecule has 164 valence electrons. The van der Waals surface area contributed by atoms with Crippen molar-refractivity contribution in [1.82, 2.24) is 10.2 Å². The van der Waals surface area contributed by atoms with Gasteiger partial charge in [0.05, 0.1) is 31.3 Å². The standard InChI is InChI=1S/C20H27ClN4O4S/c21-12-1-3-13(4-2-12)23-20-24-16-17(27)15(26)11-14(18(16)30-20)19(28)22-5-6-25-7-9-29-10-8-25/h1-4,14-18,26-27H,5-11H2,(H,22,28)(H,23,24). The van der Waals surface area contributed by atoms with E-state index in [4.69, 9.17) is 16.3 Å². The van der Waals surface area contributed by atoms with Crippen molar-refractivity contribution in [2.45, 2.75) is 29.9 Å². The number of fused-ring (bicyclic) bond motifs is 1. The SMILES string of the molecule is O=C(NCCN1CCOCC1)C1CC(O)C(O)C2N=C(Nc3ccc(Cl)cc3)SC12. The van der Waals surface area contributed by atoms with E-state index >= 15 is 0 Å². The van der Waals surface area contributed by atoms with Crippen molar-refractivity contribution < 1.29 is 19.7 Å². The number of thioether (sulfide) groups is 1. The van der Waals surface area contributed by atoms with Gasteiger partial charge in [-0.2, -0.15) is 0 Å². The van der Waals surface area contributed by atoms with E-state index in [9.17, 15) is 15.0 Å². The van der Waals surface area contributed by atoms with Crippen molar-refractivity contribution in [3.8, 4) is 0 Å². The van der Waals surface area contributed by atoms with Crippen molar-refractivity contribution in [2.75, 3.05) is 44.7 Å². The van der Waals surface area contributed by atoms with E-state index in [1.54, 1.807) is 12.1 Å². The van der Waals surface area contributed by atoms with E-state index in [-0.39, 0.29) is 17.6 Å². The third-order valence-corrected chi connectivity index (χ3v) is 7.31. The van der Waals surface area contributed by atoms with Crippen molar-refractivity contribution >= 4 is 40.1 Å². The molecule has 30 heavy (non-hydrogen) atoms. The third-order valence-electron chi connectivity index (χ3n) is 5.75. The Bertz CT molecular complexity index is 775. The number of carbonyl (C=O) groups is 1. The first-order valence-corrected chi connectivity index (χ1v) is 11.5. The van der Waals surface area contributed by atoms with Crippen LogP contribution in [0.15, 0.2) is 29.3 Å². The molecule has 0 radical (unpaired) electrons. The van der Waals surface area contributed by atoms with Gasteiger partial charge in [-0.25, -0.2) is 0 Å². The monoisotopic (exact) mass is 454 g/mol. The summed E-state index contributed by atoms with van der Waals surface area (Å²) in [5, 5.41) is 28.0. The molecule has 3 aliphatic rings. The fraction of sp³-hybridized carbons (Fsp3) is 0.600. The number of aliphatic imine (C=N–C) groups is 1. The second-order valence-corrected chi connectivity index (χ2v) is 9.39. The molecule has 5 atom stereocenters. The Morgan fingerprint density at radius 2 is 2.00 bits per heavy atom. The molecule has 8 nitrogen and oxygen atoms in total. The van der Waals surface area contributed by atoms with E-state index in [0.29, 0.717) is 16.7 Å². The molecule has 1 aromatic carbocycles. The predicted molar refractivity (Wildman–Crippen MR) is 118 cm³/mol. The van der Waals surface area contributed by atoms with Crippen LogP contribution in [0.2, 0.25) is 5.02 Å². The van der Waals surface area contributed by atoms with Crippen LogP contribution in [0.3, 0.4) is 0 Å². The molecule has 2 heterocycles. The van der Waals surface area contributed by atoms with Crippen LogP contribution in [0.1, 0.15) is 6.42 Å². The van der Waals surface area contributed by atoms with Crippen molar-refractivity contribution in [1.29, 1.82) is 0 Å². The zero-order chi connectivity index (χ0) is 21.1. The number of nitrogens with one attached hydrogen (secondary N) is 2. The van der Waals surface area contributed by atoms with Gasteiger partial charge in [0.2, 0.25) is 5.91 Å². The average Bonchev–Trinajstić information content (AvgIpc) is 3.17. The zero-order valence-electron chi connectivity index (χ0n) is 16.5. The number of morpholine rings is 1. The first kappa shape index (κ1) is 21.9. The molecule has 2 aliphatic heterocycles. The Balaban J connectivity index is 1.36. The first-order chi connectivity index (χ1) is 14.5. The van der Waals surface area contributed by atoms with Crippen LogP contribution >= 0.6 is 23.4 Å². The molecule has 2 fully saturated rings. The number of aliphatic hydroxyl groups excluding tert-OH is 2. The number of rotatable bonds is 5. The Kier molecular flexibility index (Phi) is 7.17. The summed E-state index contributed by atoms with van der Waals surface area (Å²) < 4.78 is 5.34. The van der Waals surface area contributed by atoms with Gasteiger partial charge < -0.3 is 25.6 Å². The average molecular weight is 455 g/mol. The number of anilines is 1. The highest BCUT2D eigenvalue weighted by Crippen LogP contribution is 2.41. The van der Waals surface area contributed by atoms with Crippen LogP contribution in [0.4, 0.5) is 5.69 Å². The minimum Gasteiger partial charge on any atom is -0.390 e. The molecule has 5 unspecified atom stereocenters. The van der Waals surface area contributed by atoms with Crippen LogP contribution in [0.25, 0.3) is 0 Å². The largest absolute Gasteiger partial charge is 0.390 e. The molecule has 10 heteroatoms. The lowest BCUT2D eigenvalue weighted by Gasteiger charge is -2.37. The van der Waals surface area contributed by atoms with Gasteiger partial charge in [0.1, 0.15) is 6.10 Å². The topological polar surface area (TPSA) is 106 Å². The summed E-state index contributed by atoms with van der Waals surface area (Å²) in [6.45, 7) is 4.51. The zero-order valence-corrected chi connectivity index (χ0v) is 18.1. The highest BCUT2D eigenvalue weighted by molar-refractivity contribution is 8.15. The molecule has 1 saturated heterocycles. The lowest BCUT2D eigenvalue weighted by molar-refractivity contribution is -0.129. The van der Waals surface area contributed by atoms with Crippen molar-refractivity contribution in [3.63, 3.8) is 0 Å². The van der Waals surface area contributed by atoms with E-state index in [1.165, 1.54) is 11.8 Å². The first-order valence-electron chi connectivity index (χ1n) is 10.2. The van der Waals surface area contributed by atoms with Crippen LogP contribution in [-0.2, 0) is 9.53 Å². The number of hydrogen-bond donors (Lipinski definition) is 4. The highest BCUT2D eigenvalue weighted by atomic mass is 35.5. The van der Waals surface area contributed by atoms with E-state index in [0.717, 1.165) is 38.5 Å². The summed E-state index contributed by atoms with van der Waals surface area (Å²) >= 11 is 7.37. The minimum atomic E-state index is -0.982. The van der Waals surface area contributed by atoms with Gasteiger partial charge in [0.25, 0.3) is 0 Å². The predicted octanol–water partition coefficient (Wildman–Crippen LogP) is 0.782. The molecular formula is C20H27ClN4O4S. The Morgan fingerprint density at radius 1 is 1.27 bits per heavy atom. The lowest BCUT2D eigenvalue weighted by atomic mass is 9.81. The van der Waals surface area contributed by atoms with Crippen molar-refractivity contribution in [3.05, 3.63) is 29.3 Å². The second-order valence-electron chi connectivity index (χ2n) is 7.78. The molecule has 1 aliphatic carbocycles. The summed E-state index contributed by atoms with van der Waals surface area (Å²) in [4.78, 5) is 19.7. The fourth-order valence-corrected chi connectivity index (χ4v) is 5.56. The van der Waals surface area contributed by atoms with Gasteiger partial charge in [-0.3, -0.25) is 14.7 Å². The normalized spacial score (nSPS) is 31.7. The molecule has 0 bridgehead atoms. The number of carbonyl (C=O) groups excluding carboxylic acids is 1. The third kappa shape index (κ3) is 5.09. The number of amidine groups is 1. The van der Waals surface area contributed by atoms with Gasteiger partial charge in [-0.1, -0.05) is 23.4 Å². The molecule has 0 spiro atoms. The maximum atomic E-state index is 12.9. The van der Waals surface area contributed by atoms with Gasteiger partial charge in [-0.05, 0) is 30.7 Å². The number of benzene rings is 1. The summed E-state index contributed by atoms with van der Waals surface area (Å²) in [6, 6.07) is 6.72. The molecule has 1 aromatic rings. The fourth-order valence-electron chi connectivity index (χ4n) is 4.06. The summed E-state index contributed by atoms with van der Waals surface area (Å²) in [5.41, 5.74) is 0.825. The summed E-state index contributed by atoms with van der Waals surface area (Å²) in [7, 11) is 0. The summed E-state index contributed by atoms with van der Waals surface area (Å²) in [5.74, 6) is -0.518. The van der Waals surface area contributed by atoms with Crippen LogP contribution in [0, 0.1) is 5.92 Å². The van der Waals surface area contributed by atoms with E-state index < -0.39 is 24.2 Å². The molecule has 1 amide bonds. The van der Waals surface area contributed by atoms with Gasteiger partial charge in [0.15, 0.2) is 5.17 Å². The maximum absolute atomic E-state index is 12.9. The molecule has 0 aromatic heterocycles. The number of nitrogens with zero attached hydrogens (tertiary/aromatic N) is 2. The number of hydrogen-bond acceptors (Lipinski definition) is 8. The van der Waals surface area contributed by atoms with Gasteiger partial charge >= 0.3 is 0 Å². The van der Waals surface area contributed by atoms with E-state index in [2.05, 4.69) is 20.5 Å². The Hall–Kier alpha value is -1.36. The van der Waals surface area contributed by atoms with Gasteiger partial charge in [0, 0.05) is 42.1 Å².